The number of carbonyl (C=O) groups excluding carboxylic acids is 1. The predicted molar refractivity (Wildman–Crippen MR) is 83.5 cm³/mol. The zero-order valence-electron chi connectivity index (χ0n) is 12.5. The Morgan fingerprint density at radius 2 is 2.32 bits per heavy atom. The monoisotopic (exact) mass is 321 g/mol. The third-order valence-corrected chi connectivity index (χ3v) is 4.28. The van der Waals surface area contributed by atoms with E-state index >= 15 is 0 Å². The van der Waals surface area contributed by atoms with E-state index in [2.05, 4.69) is 5.10 Å². The van der Waals surface area contributed by atoms with E-state index in [1.54, 1.807) is 23.0 Å². The molecular formula is C16H17ClFN3O. The molecule has 2 aromatic rings. The third kappa shape index (κ3) is 2.73. The number of carbonyl (C=O) groups is 1. The van der Waals surface area contributed by atoms with Crippen molar-refractivity contribution in [2.75, 3.05) is 11.4 Å². The zero-order valence-corrected chi connectivity index (χ0v) is 13.2. The first-order chi connectivity index (χ1) is 10.5. The standard InChI is InChI=1S/C16H17ClFN3O/c1-3-21(15-5-4-11(17)6-14(15)18)16(22)13-7-12(13)10-8-19-20(2)9-10/h4-6,8-9,12-13H,3,7H2,1-2H3/t12-,13+/m0/s1. The smallest absolute Gasteiger partial charge is 0.230 e. The number of aryl methyl sites for hydroxylation is 1. The highest BCUT2D eigenvalue weighted by atomic mass is 35.5. The van der Waals surface area contributed by atoms with Gasteiger partial charge >= 0.3 is 0 Å². The van der Waals surface area contributed by atoms with Crippen molar-refractivity contribution in [2.24, 2.45) is 13.0 Å². The summed E-state index contributed by atoms with van der Waals surface area (Å²) in [5.74, 6) is -0.427. The number of rotatable bonds is 4. The molecule has 1 heterocycles. The Kier molecular flexibility index (Phi) is 3.91. The maximum atomic E-state index is 14.1. The number of aromatic nitrogens is 2. The molecule has 3 rings (SSSR count). The second kappa shape index (κ2) is 5.72. The van der Waals surface area contributed by atoms with Crippen LogP contribution >= 0.6 is 11.6 Å². The van der Waals surface area contributed by atoms with E-state index in [1.165, 1.54) is 11.0 Å². The van der Waals surface area contributed by atoms with Gasteiger partial charge < -0.3 is 4.90 Å². The lowest BCUT2D eigenvalue weighted by molar-refractivity contribution is -0.119. The van der Waals surface area contributed by atoms with Crippen LogP contribution in [0.15, 0.2) is 30.6 Å². The number of halogens is 2. The second-order valence-electron chi connectivity index (χ2n) is 5.57. The molecule has 0 bridgehead atoms. The van der Waals surface area contributed by atoms with Gasteiger partial charge in [-0.1, -0.05) is 11.6 Å². The van der Waals surface area contributed by atoms with Crippen molar-refractivity contribution in [3.05, 3.63) is 47.0 Å². The molecular weight excluding hydrogens is 305 g/mol. The van der Waals surface area contributed by atoms with Crippen LogP contribution in [-0.4, -0.2) is 22.2 Å². The Morgan fingerprint density at radius 1 is 1.55 bits per heavy atom. The van der Waals surface area contributed by atoms with Gasteiger partial charge in [0, 0.05) is 30.7 Å². The summed E-state index contributed by atoms with van der Waals surface area (Å²) in [6, 6.07) is 4.39. The zero-order chi connectivity index (χ0) is 15.9. The largest absolute Gasteiger partial charge is 0.310 e. The molecule has 1 amide bonds. The normalized spacial score (nSPS) is 20.0. The van der Waals surface area contributed by atoms with Gasteiger partial charge in [-0.25, -0.2) is 4.39 Å². The van der Waals surface area contributed by atoms with Crippen LogP contribution in [0.5, 0.6) is 0 Å². The highest BCUT2D eigenvalue weighted by Crippen LogP contribution is 2.48. The van der Waals surface area contributed by atoms with Gasteiger partial charge in [-0.2, -0.15) is 5.10 Å². The van der Waals surface area contributed by atoms with Crippen molar-refractivity contribution < 1.29 is 9.18 Å². The summed E-state index contributed by atoms with van der Waals surface area (Å²) >= 11 is 5.77. The Hall–Kier alpha value is -1.88. The highest BCUT2D eigenvalue weighted by molar-refractivity contribution is 6.30. The molecule has 6 heteroatoms. The summed E-state index contributed by atoms with van der Waals surface area (Å²) in [5, 5.41) is 4.46. The molecule has 0 saturated heterocycles. The summed E-state index contributed by atoms with van der Waals surface area (Å²) in [7, 11) is 1.85. The lowest BCUT2D eigenvalue weighted by atomic mass is 10.1. The van der Waals surface area contributed by atoms with E-state index in [0.717, 1.165) is 12.0 Å². The number of hydrogen-bond acceptors (Lipinski definition) is 2. The Morgan fingerprint density at radius 3 is 2.91 bits per heavy atom. The van der Waals surface area contributed by atoms with Crippen molar-refractivity contribution >= 4 is 23.2 Å². The van der Waals surface area contributed by atoms with Crippen molar-refractivity contribution in [1.29, 1.82) is 0 Å². The van der Waals surface area contributed by atoms with E-state index < -0.39 is 5.82 Å². The molecule has 0 spiro atoms. The quantitative estimate of drug-likeness (QED) is 0.866. The van der Waals surface area contributed by atoms with Crippen LogP contribution < -0.4 is 4.90 Å². The Labute approximate surface area is 133 Å². The molecule has 0 aliphatic heterocycles. The number of anilines is 1. The maximum absolute atomic E-state index is 14.1. The number of hydrogen-bond donors (Lipinski definition) is 0. The molecule has 1 aromatic heterocycles. The average molecular weight is 322 g/mol. The van der Waals surface area contributed by atoms with Crippen molar-refractivity contribution in [1.82, 2.24) is 9.78 Å². The minimum Gasteiger partial charge on any atom is -0.310 e. The fraction of sp³-hybridized carbons (Fsp3) is 0.375. The number of nitrogens with zero attached hydrogens (tertiary/aromatic N) is 3. The van der Waals surface area contributed by atoms with Crippen LogP contribution in [0.25, 0.3) is 0 Å². The second-order valence-corrected chi connectivity index (χ2v) is 6.01. The van der Waals surface area contributed by atoms with Crippen molar-refractivity contribution in [3.8, 4) is 0 Å². The average Bonchev–Trinajstić information content (AvgIpc) is 3.16. The van der Waals surface area contributed by atoms with E-state index in [1.807, 2.05) is 20.2 Å². The molecule has 22 heavy (non-hydrogen) atoms. The fourth-order valence-corrected chi connectivity index (χ4v) is 2.97. The third-order valence-electron chi connectivity index (χ3n) is 4.04. The van der Waals surface area contributed by atoms with Gasteiger partial charge in [0.15, 0.2) is 0 Å². The molecule has 0 N–H and O–H groups in total. The van der Waals surface area contributed by atoms with E-state index in [0.29, 0.717) is 11.6 Å². The maximum Gasteiger partial charge on any atom is 0.230 e. The van der Waals surface area contributed by atoms with Gasteiger partial charge in [0.1, 0.15) is 5.82 Å². The van der Waals surface area contributed by atoms with Crippen LogP contribution in [-0.2, 0) is 11.8 Å². The van der Waals surface area contributed by atoms with Crippen LogP contribution in [0.2, 0.25) is 5.02 Å². The first-order valence-electron chi connectivity index (χ1n) is 7.26. The van der Waals surface area contributed by atoms with Crippen LogP contribution in [0, 0.1) is 11.7 Å². The lowest BCUT2D eigenvalue weighted by Crippen LogP contribution is -2.33. The first-order valence-corrected chi connectivity index (χ1v) is 7.64. The van der Waals surface area contributed by atoms with Crippen LogP contribution in [0.1, 0.15) is 24.8 Å². The molecule has 116 valence electrons. The SMILES string of the molecule is CCN(C(=O)[C@@H]1C[C@H]1c1cnn(C)c1)c1ccc(Cl)cc1F. The topological polar surface area (TPSA) is 38.1 Å². The summed E-state index contributed by atoms with van der Waals surface area (Å²) < 4.78 is 15.8. The highest BCUT2D eigenvalue weighted by Gasteiger charge is 2.46. The molecule has 1 aliphatic rings. The van der Waals surface area contributed by atoms with E-state index in [9.17, 15) is 9.18 Å². The number of benzene rings is 1. The summed E-state index contributed by atoms with van der Waals surface area (Å²) in [6.45, 7) is 2.26. The van der Waals surface area contributed by atoms with Crippen molar-refractivity contribution in [2.45, 2.75) is 19.3 Å². The summed E-state index contributed by atoms with van der Waals surface area (Å²) in [4.78, 5) is 14.2. The Balaban J connectivity index is 1.78. The van der Waals surface area contributed by atoms with Gasteiger partial charge in [0.05, 0.1) is 11.9 Å². The van der Waals surface area contributed by atoms with E-state index in [4.69, 9.17) is 11.6 Å². The number of amides is 1. The minimum absolute atomic E-state index is 0.0439. The molecule has 0 radical (unpaired) electrons. The van der Waals surface area contributed by atoms with Gasteiger partial charge in [-0.05, 0) is 43.0 Å². The fourth-order valence-electron chi connectivity index (χ4n) is 2.81. The van der Waals surface area contributed by atoms with Gasteiger partial charge in [0.25, 0.3) is 0 Å². The minimum atomic E-state index is -0.471. The van der Waals surface area contributed by atoms with Crippen LogP contribution in [0.4, 0.5) is 10.1 Å². The van der Waals surface area contributed by atoms with E-state index in [-0.39, 0.29) is 23.4 Å². The van der Waals surface area contributed by atoms with Gasteiger partial charge in [0.2, 0.25) is 5.91 Å². The lowest BCUT2D eigenvalue weighted by Gasteiger charge is -2.22. The molecule has 4 nitrogen and oxygen atoms in total. The summed E-state index contributed by atoms with van der Waals surface area (Å²) in [6.07, 6.45) is 4.50. The molecule has 1 aliphatic carbocycles. The van der Waals surface area contributed by atoms with Gasteiger partial charge in [-0.3, -0.25) is 9.48 Å². The molecule has 1 saturated carbocycles. The predicted octanol–water partition coefficient (Wildman–Crippen LogP) is 3.37. The van der Waals surface area contributed by atoms with Gasteiger partial charge in [-0.15, -0.1) is 0 Å². The van der Waals surface area contributed by atoms with Crippen molar-refractivity contribution in [3.63, 3.8) is 0 Å². The molecule has 1 aromatic carbocycles. The first kappa shape index (κ1) is 15.0. The molecule has 2 atom stereocenters. The molecule has 1 fully saturated rings. The summed E-state index contributed by atoms with van der Waals surface area (Å²) in [5.41, 5.74) is 1.35. The Bertz CT molecular complexity index is 715. The molecule has 0 unspecified atom stereocenters. The van der Waals surface area contributed by atoms with Crippen LogP contribution in [0.3, 0.4) is 0 Å².